The molecule has 20 heavy (non-hydrogen) atoms. The molecule has 0 saturated heterocycles. The minimum atomic E-state index is -0.639. The van der Waals surface area contributed by atoms with Crippen LogP contribution in [0.3, 0.4) is 0 Å². The number of para-hydroxylation sites is 1. The van der Waals surface area contributed by atoms with Crippen molar-refractivity contribution in [3.05, 3.63) is 56.3 Å². The number of amides is 1. The van der Waals surface area contributed by atoms with E-state index in [-0.39, 0.29) is 23.0 Å². The average molecular weight is 291 g/mol. The first-order chi connectivity index (χ1) is 9.50. The zero-order valence-corrected chi connectivity index (χ0v) is 11.5. The lowest BCUT2D eigenvalue weighted by Gasteiger charge is -2.13. The molecule has 0 spiro atoms. The number of hydrogen-bond acceptors (Lipinski definition) is 5. The molecule has 0 radical (unpaired) electrons. The summed E-state index contributed by atoms with van der Waals surface area (Å²) in [4.78, 5) is 22.5. The van der Waals surface area contributed by atoms with Crippen molar-refractivity contribution in [2.24, 2.45) is 0 Å². The van der Waals surface area contributed by atoms with Crippen LogP contribution in [0.2, 0.25) is 0 Å². The molecule has 1 aromatic carbocycles. The molecule has 1 heterocycles. The van der Waals surface area contributed by atoms with Crippen LogP contribution in [0.25, 0.3) is 0 Å². The number of hydrogen-bond donors (Lipinski definition) is 2. The van der Waals surface area contributed by atoms with Gasteiger partial charge in [-0.15, -0.1) is 0 Å². The number of nitrogens with one attached hydrogen (secondary N) is 1. The number of nitrogens with two attached hydrogens (primary N) is 1. The number of nitro groups is 1. The van der Waals surface area contributed by atoms with Crippen molar-refractivity contribution >= 4 is 28.6 Å². The fraction of sp³-hybridized carbons (Fsp3) is 0.154. The summed E-state index contributed by atoms with van der Waals surface area (Å²) in [5, 5.41) is 17.6. The zero-order valence-electron chi connectivity index (χ0n) is 10.7. The molecule has 104 valence electrons. The third-order valence-electron chi connectivity index (χ3n) is 2.89. The van der Waals surface area contributed by atoms with Crippen molar-refractivity contribution in [2.45, 2.75) is 13.0 Å². The van der Waals surface area contributed by atoms with Crippen LogP contribution in [0, 0.1) is 10.1 Å². The molecule has 0 fully saturated rings. The van der Waals surface area contributed by atoms with E-state index < -0.39 is 10.8 Å². The number of rotatable bonds is 4. The van der Waals surface area contributed by atoms with Crippen LogP contribution in [-0.4, -0.2) is 10.8 Å². The van der Waals surface area contributed by atoms with E-state index in [1.165, 1.54) is 29.5 Å². The second kappa shape index (κ2) is 5.70. The third kappa shape index (κ3) is 2.77. The molecule has 1 unspecified atom stereocenters. The van der Waals surface area contributed by atoms with E-state index in [2.05, 4.69) is 5.32 Å². The fourth-order valence-electron chi connectivity index (χ4n) is 1.83. The average Bonchev–Trinajstić information content (AvgIpc) is 2.91. The van der Waals surface area contributed by atoms with Crippen molar-refractivity contribution < 1.29 is 9.72 Å². The van der Waals surface area contributed by atoms with E-state index in [4.69, 9.17) is 5.73 Å². The lowest BCUT2D eigenvalue weighted by molar-refractivity contribution is -0.384. The quantitative estimate of drug-likeness (QED) is 0.514. The summed E-state index contributed by atoms with van der Waals surface area (Å²) >= 11 is 1.52. The highest BCUT2D eigenvalue weighted by atomic mass is 32.1. The zero-order chi connectivity index (χ0) is 14.7. The molecule has 1 amide bonds. The number of carbonyl (C=O) groups is 1. The first-order valence-electron chi connectivity index (χ1n) is 5.86. The van der Waals surface area contributed by atoms with Gasteiger partial charge in [0.15, 0.2) is 0 Å². The summed E-state index contributed by atoms with van der Waals surface area (Å²) in [5.74, 6) is -0.511. The van der Waals surface area contributed by atoms with Gasteiger partial charge in [0.1, 0.15) is 11.3 Å². The molecule has 0 bridgehead atoms. The van der Waals surface area contributed by atoms with Crippen LogP contribution in [0.5, 0.6) is 0 Å². The van der Waals surface area contributed by atoms with E-state index in [0.29, 0.717) is 0 Å². The fourth-order valence-corrected chi connectivity index (χ4v) is 2.58. The Hall–Kier alpha value is -2.41. The molecule has 1 aromatic heterocycles. The minimum Gasteiger partial charge on any atom is -0.393 e. The lowest BCUT2D eigenvalue weighted by Crippen LogP contribution is -2.27. The Bertz CT molecular complexity index is 640. The molecule has 0 aliphatic heterocycles. The van der Waals surface area contributed by atoms with Gasteiger partial charge in [0.2, 0.25) is 0 Å². The number of anilines is 1. The van der Waals surface area contributed by atoms with E-state index in [9.17, 15) is 14.9 Å². The molecule has 7 heteroatoms. The SMILES string of the molecule is CC(NC(=O)c1cccc(N)c1[N+](=O)[O-])c1ccsc1. The van der Waals surface area contributed by atoms with Gasteiger partial charge in [-0.3, -0.25) is 14.9 Å². The van der Waals surface area contributed by atoms with Gasteiger partial charge < -0.3 is 11.1 Å². The number of nitrogen functional groups attached to an aromatic ring is 1. The molecule has 1 atom stereocenters. The van der Waals surface area contributed by atoms with Crippen molar-refractivity contribution in [1.82, 2.24) is 5.32 Å². The van der Waals surface area contributed by atoms with E-state index in [1.54, 1.807) is 0 Å². The van der Waals surface area contributed by atoms with Crippen molar-refractivity contribution in [3.63, 3.8) is 0 Å². The summed E-state index contributed by atoms with van der Waals surface area (Å²) in [5.41, 5.74) is 6.11. The Kier molecular flexibility index (Phi) is 3.99. The van der Waals surface area contributed by atoms with Gasteiger partial charge in [-0.1, -0.05) is 6.07 Å². The van der Waals surface area contributed by atoms with Gasteiger partial charge in [0.25, 0.3) is 5.91 Å². The van der Waals surface area contributed by atoms with Crippen LogP contribution < -0.4 is 11.1 Å². The second-order valence-corrected chi connectivity index (χ2v) is 5.03. The van der Waals surface area contributed by atoms with Gasteiger partial charge in [-0.2, -0.15) is 11.3 Å². The van der Waals surface area contributed by atoms with Gasteiger partial charge in [-0.25, -0.2) is 0 Å². The van der Waals surface area contributed by atoms with Crippen LogP contribution in [0.15, 0.2) is 35.0 Å². The Morgan fingerprint density at radius 3 is 2.80 bits per heavy atom. The van der Waals surface area contributed by atoms with Crippen LogP contribution in [-0.2, 0) is 0 Å². The topological polar surface area (TPSA) is 98.3 Å². The standard InChI is InChI=1S/C13H13N3O3S/c1-8(9-5-6-20-7-9)15-13(17)10-3-2-4-11(14)12(10)16(18)19/h2-8H,14H2,1H3,(H,15,17). The van der Waals surface area contributed by atoms with Crippen molar-refractivity contribution in [2.75, 3.05) is 5.73 Å². The highest BCUT2D eigenvalue weighted by Gasteiger charge is 2.24. The summed E-state index contributed by atoms with van der Waals surface area (Å²) in [6, 6.07) is 5.98. The third-order valence-corrected chi connectivity index (χ3v) is 3.59. The first kappa shape index (κ1) is 14.0. The summed E-state index contributed by atoms with van der Waals surface area (Å²) in [6.07, 6.45) is 0. The van der Waals surface area contributed by atoms with Gasteiger partial charge in [0.05, 0.1) is 11.0 Å². The Morgan fingerprint density at radius 2 is 2.20 bits per heavy atom. The number of thiophene rings is 1. The van der Waals surface area contributed by atoms with Crippen LogP contribution in [0.1, 0.15) is 28.9 Å². The largest absolute Gasteiger partial charge is 0.393 e. The summed E-state index contributed by atoms with van der Waals surface area (Å²) in [6.45, 7) is 1.82. The Balaban J connectivity index is 2.26. The first-order valence-corrected chi connectivity index (χ1v) is 6.81. The molecule has 0 saturated carbocycles. The molecule has 0 aliphatic carbocycles. The predicted molar refractivity (Wildman–Crippen MR) is 77.7 cm³/mol. The predicted octanol–water partition coefficient (Wildman–Crippen LogP) is 2.73. The number of benzene rings is 1. The monoisotopic (exact) mass is 291 g/mol. The molecule has 3 N–H and O–H groups in total. The summed E-state index contributed by atoms with van der Waals surface area (Å²) < 4.78 is 0. The maximum absolute atomic E-state index is 12.2. The molecule has 2 rings (SSSR count). The minimum absolute atomic E-state index is 0.0224. The molecular weight excluding hydrogens is 278 g/mol. The van der Waals surface area contributed by atoms with Crippen LogP contribution in [0.4, 0.5) is 11.4 Å². The normalized spacial score (nSPS) is 11.8. The Labute approximate surface area is 119 Å². The maximum Gasteiger partial charge on any atom is 0.304 e. The van der Waals surface area contributed by atoms with Crippen LogP contribution >= 0.6 is 11.3 Å². The van der Waals surface area contributed by atoms with Gasteiger partial charge in [0, 0.05) is 0 Å². The number of nitro benzene ring substituents is 1. The van der Waals surface area contributed by atoms with E-state index >= 15 is 0 Å². The highest BCUT2D eigenvalue weighted by Crippen LogP contribution is 2.26. The smallest absolute Gasteiger partial charge is 0.304 e. The number of nitrogens with zero attached hydrogens (tertiary/aromatic N) is 1. The van der Waals surface area contributed by atoms with Crippen molar-refractivity contribution in [1.29, 1.82) is 0 Å². The maximum atomic E-state index is 12.2. The van der Waals surface area contributed by atoms with Crippen molar-refractivity contribution in [3.8, 4) is 0 Å². The highest BCUT2D eigenvalue weighted by molar-refractivity contribution is 7.07. The van der Waals surface area contributed by atoms with E-state index in [1.807, 2.05) is 23.8 Å². The van der Waals surface area contributed by atoms with Gasteiger partial charge >= 0.3 is 5.69 Å². The molecule has 0 aliphatic rings. The van der Waals surface area contributed by atoms with Gasteiger partial charge in [-0.05, 0) is 41.4 Å². The molecular formula is C13H13N3O3S. The number of carbonyl (C=O) groups excluding carboxylic acids is 1. The second-order valence-electron chi connectivity index (χ2n) is 4.25. The van der Waals surface area contributed by atoms with E-state index in [0.717, 1.165) is 5.56 Å². The Morgan fingerprint density at radius 1 is 1.45 bits per heavy atom. The lowest BCUT2D eigenvalue weighted by atomic mass is 10.1. The molecule has 2 aromatic rings. The summed E-state index contributed by atoms with van der Waals surface area (Å²) in [7, 11) is 0. The molecule has 6 nitrogen and oxygen atoms in total.